The summed E-state index contributed by atoms with van der Waals surface area (Å²) in [5.41, 5.74) is 5.27. The molecule has 0 aliphatic carbocycles. The van der Waals surface area contributed by atoms with E-state index < -0.39 is 0 Å². The third-order valence-corrected chi connectivity index (χ3v) is 5.54. The average molecular weight is 372 g/mol. The molecule has 1 N–H and O–H groups in total. The normalized spacial score (nSPS) is 15.2. The fraction of sp³-hybridized carbons (Fsp3) is 0.250. The van der Waals surface area contributed by atoms with Crippen molar-refractivity contribution in [2.24, 2.45) is 0 Å². The van der Waals surface area contributed by atoms with Crippen molar-refractivity contribution in [3.05, 3.63) is 94.3 Å². The van der Waals surface area contributed by atoms with Crippen molar-refractivity contribution in [3.63, 3.8) is 0 Å². The van der Waals surface area contributed by atoms with Crippen molar-refractivity contribution in [2.45, 2.75) is 39.3 Å². The van der Waals surface area contributed by atoms with Crippen LogP contribution in [-0.2, 0) is 13.0 Å². The predicted molar refractivity (Wildman–Crippen MR) is 110 cm³/mol. The van der Waals surface area contributed by atoms with Crippen molar-refractivity contribution in [1.29, 1.82) is 0 Å². The van der Waals surface area contributed by atoms with E-state index in [0.717, 1.165) is 6.42 Å². The maximum Gasteiger partial charge on any atom is 0.254 e. The van der Waals surface area contributed by atoms with Gasteiger partial charge in [-0.3, -0.25) is 9.59 Å². The zero-order chi connectivity index (χ0) is 19.9. The van der Waals surface area contributed by atoms with Gasteiger partial charge in [0.15, 0.2) is 5.78 Å². The van der Waals surface area contributed by atoms with Crippen LogP contribution in [0.4, 0.5) is 0 Å². The Morgan fingerprint density at radius 2 is 1.64 bits per heavy atom. The summed E-state index contributed by atoms with van der Waals surface area (Å²) in [6.45, 7) is 6.90. The molecule has 0 saturated carbocycles. The Balaban J connectivity index is 1.59. The van der Waals surface area contributed by atoms with Crippen LogP contribution in [0.1, 0.15) is 56.8 Å². The molecule has 1 aromatic heterocycles. The quantitative estimate of drug-likeness (QED) is 0.687. The number of nitrogens with zero attached hydrogens (tertiary/aromatic N) is 1. The second-order valence-electron chi connectivity index (χ2n) is 8.16. The third-order valence-electron chi connectivity index (χ3n) is 5.54. The summed E-state index contributed by atoms with van der Waals surface area (Å²) in [5, 5.41) is 0. The number of ketones is 1. The fourth-order valence-corrected chi connectivity index (χ4v) is 3.92. The van der Waals surface area contributed by atoms with Crippen molar-refractivity contribution in [1.82, 2.24) is 9.88 Å². The lowest BCUT2D eigenvalue weighted by Crippen LogP contribution is -2.51. The molecule has 28 heavy (non-hydrogen) atoms. The van der Waals surface area contributed by atoms with Crippen LogP contribution in [0.2, 0.25) is 0 Å². The number of aromatic nitrogens is 1. The van der Waals surface area contributed by atoms with Gasteiger partial charge in [-0.1, -0.05) is 35.9 Å². The average Bonchev–Trinajstić information content (AvgIpc) is 3.21. The Bertz CT molecular complexity index is 1030. The summed E-state index contributed by atoms with van der Waals surface area (Å²) in [6.07, 6.45) is 4.23. The highest BCUT2D eigenvalue weighted by Crippen LogP contribution is 2.32. The number of hydrogen-bond acceptors (Lipinski definition) is 2. The molecule has 2 heterocycles. The number of benzene rings is 2. The summed E-state index contributed by atoms with van der Waals surface area (Å²) < 4.78 is 0. The van der Waals surface area contributed by atoms with E-state index in [1.54, 1.807) is 42.7 Å². The van der Waals surface area contributed by atoms with Crippen LogP contribution < -0.4 is 0 Å². The number of hydrogen-bond donors (Lipinski definition) is 1. The zero-order valence-electron chi connectivity index (χ0n) is 16.5. The molecule has 0 bridgehead atoms. The minimum absolute atomic E-state index is 0.00204. The number of amides is 1. The fourth-order valence-electron chi connectivity index (χ4n) is 3.92. The highest BCUT2D eigenvalue weighted by Gasteiger charge is 2.36. The standard InChI is InChI=1S/C24H24N2O2/c1-16-4-5-19-13-24(2,3)26(15-21(19)12-16)23(28)18-8-6-17(7-9-18)22(27)20-10-11-25-14-20/h4-12,14,25H,13,15H2,1-3H3. The van der Waals surface area contributed by atoms with Gasteiger partial charge >= 0.3 is 0 Å². The topological polar surface area (TPSA) is 53.2 Å². The van der Waals surface area contributed by atoms with Gasteiger partial charge in [0.05, 0.1) is 0 Å². The SMILES string of the molecule is Cc1ccc2c(c1)CN(C(=O)c1ccc(C(=O)c3cc[nH]c3)cc1)C(C)(C)C2. The number of nitrogens with one attached hydrogen (secondary N) is 1. The van der Waals surface area contributed by atoms with Crippen LogP contribution in [-0.4, -0.2) is 27.1 Å². The Morgan fingerprint density at radius 3 is 2.32 bits per heavy atom. The van der Waals surface area contributed by atoms with Crippen LogP contribution in [0, 0.1) is 6.92 Å². The molecule has 3 aromatic rings. The predicted octanol–water partition coefficient (Wildman–Crippen LogP) is 4.53. The number of aryl methyl sites for hydroxylation is 1. The van der Waals surface area contributed by atoms with Gasteiger partial charge in [-0.15, -0.1) is 0 Å². The number of H-pyrrole nitrogens is 1. The number of rotatable bonds is 3. The first-order valence-electron chi connectivity index (χ1n) is 9.53. The van der Waals surface area contributed by atoms with E-state index in [4.69, 9.17) is 0 Å². The maximum absolute atomic E-state index is 13.3. The van der Waals surface area contributed by atoms with Gasteiger partial charge in [0, 0.05) is 41.2 Å². The molecule has 4 nitrogen and oxygen atoms in total. The summed E-state index contributed by atoms with van der Waals surface area (Å²) in [5.74, 6) is -0.0549. The molecule has 1 amide bonds. The van der Waals surface area contributed by atoms with Crippen LogP contribution in [0.5, 0.6) is 0 Å². The van der Waals surface area contributed by atoms with Gasteiger partial charge in [0.25, 0.3) is 5.91 Å². The molecular formula is C24H24N2O2. The van der Waals surface area contributed by atoms with Crippen LogP contribution in [0.3, 0.4) is 0 Å². The van der Waals surface area contributed by atoms with Gasteiger partial charge in [0.2, 0.25) is 0 Å². The van der Waals surface area contributed by atoms with Crippen LogP contribution in [0.15, 0.2) is 60.9 Å². The van der Waals surface area contributed by atoms with E-state index in [-0.39, 0.29) is 17.2 Å². The molecule has 4 heteroatoms. The van der Waals surface area contributed by atoms with E-state index in [0.29, 0.717) is 23.2 Å². The highest BCUT2D eigenvalue weighted by atomic mass is 16.2. The minimum atomic E-state index is -0.265. The van der Waals surface area contributed by atoms with E-state index >= 15 is 0 Å². The molecule has 1 aliphatic heterocycles. The minimum Gasteiger partial charge on any atom is -0.367 e. The first-order chi connectivity index (χ1) is 13.3. The third kappa shape index (κ3) is 3.26. The van der Waals surface area contributed by atoms with E-state index in [1.165, 1.54) is 16.7 Å². The summed E-state index contributed by atoms with van der Waals surface area (Å²) in [6, 6.07) is 15.2. The molecule has 0 spiro atoms. The van der Waals surface area contributed by atoms with Gasteiger partial charge in [-0.05, 0) is 56.5 Å². The van der Waals surface area contributed by atoms with Crippen LogP contribution in [0.25, 0.3) is 0 Å². The summed E-state index contributed by atoms with van der Waals surface area (Å²) in [7, 11) is 0. The van der Waals surface area contributed by atoms with E-state index in [1.807, 2.05) is 4.90 Å². The van der Waals surface area contributed by atoms with Crippen molar-refractivity contribution >= 4 is 11.7 Å². The Kier molecular flexibility index (Phi) is 4.42. The van der Waals surface area contributed by atoms with Gasteiger partial charge in [0.1, 0.15) is 0 Å². The number of carbonyl (C=O) groups excluding carboxylic acids is 2. The molecule has 0 unspecified atom stereocenters. The molecule has 142 valence electrons. The maximum atomic E-state index is 13.3. The molecule has 0 radical (unpaired) electrons. The lowest BCUT2D eigenvalue weighted by Gasteiger charge is -2.43. The molecule has 0 fully saturated rings. The monoisotopic (exact) mass is 372 g/mol. The van der Waals surface area contributed by atoms with Crippen molar-refractivity contribution in [3.8, 4) is 0 Å². The second kappa shape index (κ2) is 6.79. The second-order valence-corrected chi connectivity index (χ2v) is 8.16. The molecule has 1 aliphatic rings. The molecular weight excluding hydrogens is 348 g/mol. The zero-order valence-corrected chi connectivity index (χ0v) is 16.5. The molecule has 0 saturated heterocycles. The summed E-state index contributed by atoms with van der Waals surface area (Å²) >= 11 is 0. The van der Waals surface area contributed by atoms with Crippen molar-refractivity contribution in [2.75, 3.05) is 0 Å². The Hall–Kier alpha value is -3.14. The van der Waals surface area contributed by atoms with Crippen LogP contribution >= 0.6 is 0 Å². The number of carbonyl (C=O) groups is 2. The first-order valence-corrected chi connectivity index (χ1v) is 9.53. The van der Waals surface area contributed by atoms with E-state index in [2.05, 4.69) is 44.0 Å². The van der Waals surface area contributed by atoms with E-state index in [9.17, 15) is 9.59 Å². The smallest absolute Gasteiger partial charge is 0.254 e. The number of fused-ring (bicyclic) bond motifs is 1. The lowest BCUT2D eigenvalue weighted by molar-refractivity contribution is 0.0488. The molecule has 2 aromatic carbocycles. The highest BCUT2D eigenvalue weighted by molar-refractivity contribution is 6.09. The summed E-state index contributed by atoms with van der Waals surface area (Å²) in [4.78, 5) is 30.5. The molecule has 4 rings (SSSR count). The van der Waals surface area contributed by atoms with Gasteiger partial charge in [-0.25, -0.2) is 0 Å². The van der Waals surface area contributed by atoms with Gasteiger partial charge < -0.3 is 9.88 Å². The first kappa shape index (κ1) is 18.2. The number of aromatic amines is 1. The Labute approximate surface area is 165 Å². The Morgan fingerprint density at radius 1 is 0.929 bits per heavy atom. The largest absolute Gasteiger partial charge is 0.367 e. The van der Waals surface area contributed by atoms with Crippen molar-refractivity contribution < 1.29 is 9.59 Å². The molecule has 0 atom stereocenters. The van der Waals surface area contributed by atoms with Gasteiger partial charge in [-0.2, -0.15) is 0 Å². The lowest BCUT2D eigenvalue weighted by atomic mass is 9.84.